The molecule has 1 saturated carbocycles. The van der Waals surface area contributed by atoms with Gasteiger partial charge in [-0.3, -0.25) is 4.79 Å². The lowest BCUT2D eigenvalue weighted by Crippen LogP contribution is -2.41. The summed E-state index contributed by atoms with van der Waals surface area (Å²) in [4.78, 5) is 25.7. The number of aliphatic carboxylic acids is 1. The summed E-state index contributed by atoms with van der Waals surface area (Å²) in [5.41, 5.74) is 4.81. The van der Waals surface area contributed by atoms with Crippen molar-refractivity contribution in [2.45, 2.75) is 96.0 Å². The molecular weight excluding hydrogens is 637 g/mol. The zero-order valence-electron chi connectivity index (χ0n) is 28.4. The Morgan fingerprint density at radius 2 is 1.81 bits per heavy atom. The van der Waals surface area contributed by atoms with Crippen molar-refractivity contribution in [2.24, 2.45) is 11.3 Å². The molecule has 3 heterocycles. The van der Waals surface area contributed by atoms with Crippen LogP contribution >= 0.6 is 23.3 Å². The molecule has 48 heavy (non-hydrogen) atoms. The van der Waals surface area contributed by atoms with Crippen LogP contribution in [0, 0.1) is 11.3 Å². The predicted molar refractivity (Wildman–Crippen MR) is 199 cm³/mol. The number of nitrogens with zero attached hydrogens (tertiary/aromatic N) is 3. The van der Waals surface area contributed by atoms with Gasteiger partial charge in [0, 0.05) is 30.1 Å². The van der Waals surface area contributed by atoms with Crippen LogP contribution in [0.25, 0.3) is 21.7 Å². The smallest absolute Gasteiger partial charge is 0.306 e. The molecule has 2 aromatic carbocycles. The number of anilines is 2. The van der Waals surface area contributed by atoms with Gasteiger partial charge in [0.1, 0.15) is 16.6 Å². The van der Waals surface area contributed by atoms with Gasteiger partial charge in [-0.1, -0.05) is 93.8 Å². The Kier molecular flexibility index (Phi) is 11.3. The lowest BCUT2D eigenvalue weighted by molar-refractivity contribution is -0.142. The second-order valence-electron chi connectivity index (χ2n) is 14.3. The second kappa shape index (κ2) is 15.8. The number of carboxylic acid groups (broad SMARTS) is 1. The number of benzene rings is 2. The molecule has 0 amide bonds. The minimum atomic E-state index is -0.672. The summed E-state index contributed by atoms with van der Waals surface area (Å²) in [7, 11) is 0. The molecule has 254 valence electrons. The van der Waals surface area contributed by atoms with Gasteiger partial charge in [0.05, 0.1) is 23.1 Å². The Morgan fingerprint density at radius 3 is 2.67 bits per heavy atom. The lowest BCUT2D eigenvalue weighted by Gasteiger charge is -2.37. The number of rotatable bonds is 6. The molecule has 2 unspecified atom stereocenters. The highest BCUT2D eigenvalue weighted by Crippen LogP contribution is 2.43. The van der Waals surface area contributed by atoms with Crippen molar-refractivity contribution in [3.05, 3.63) is 72.3 Å². The van der Waals surface area contributed by atoms with E-state index in [2.05, 4.69) is 85.0 Å². The molecule has 4 bridgehead atoms. The van der Waals surface area contributed by atoms with E-state index >= 15 is 0 Å². The van der Waals surface area contributed by atoms with Crippen LogP contribution in [0.2, 0.25) is 0 Å². The predicted octanol–water partition coefficient (Wildman–Crippen LogP) is 10.4. The Hall–Kier alpha value is -3.56. The van der Waals surface area contributed by atoms with E-state index < -0.39 is 5.97 Å². The largest absolute Gasteiger partial charge is 0.494 e. The summed E-state index contributed by atoms with van der Waals surface area (Å²) in [6.07, 6.45) is 9.79. The minimum Gasteiger partial charge on any atom is -0.494 e. The molecule has 2 aromatic heterocycles. The first-order valence-corrected chi connectivity index (χ1v) is 19.1. The first kappa shape index (κ1) is 34.3. The maximum Gasteiger partial charge on any atom is 0.306 e. The normalized spacial score (nSPS) is 19.1. The third-order valence-corrected chi connectivity index (χ3v) is 11.3. The molecule has 1 aliphatic carbocycles. The number of thiazole rings is 1. The summed E-state index contributed by atoms with van der Waals surface area (Å²) in [6, 6.07) is 23.5. The maximum absolute atomic E-state index is 11.9. The monoisotopic (exact) mass is 684 g/mol. The highest BCUT2D eigenvalue weighted by Gasteiger charge is 2.31. The van der Waals surface area contributed by atoms with Crippen LogP contribution in [-0.2, 0) is 11.2 Å². The number of hydrogen-bond acceptors (Lipinski definition) is 8. The first-order chi connectivity index (χ1) is 23.2. The van der Waals surface area contributed by atoms with Gasteiger partial charge in [-0.05, 0) is 85.8 Å². The number of nitrogens with one attached hydrogen (secondary N) is 1. The number of carbonyl (C=O) groups is 1. The van der Waals surface area contributed by atoms with Crippen LogP contribution < -0.4 is 14.4 Å². The molecule has 0 spiro atoms. The van der Waals surface area contributed by atoms with Gasteiger partial charge >= 0.3 is 5.97 Å². The van der Waals surface area contributed by atoms with E-state index in [9.17, 15) is 9.90 Å². The van der Waals surface area contributed by atoms with E-state index in [1.165, 1.54) is 23.1 Å². The van der Waals surface area contributed by atoms with Crippen molar-refractivity contribution in [3.63, 3.8) is 0 Å². The maximum atomic E-state index is 11.9. The van der Waals surface area contributed by atoms with Gasteiger partial charge < -0.3 is 19.5 Å². The summed E-state index contributed by atoms with van der Waals surface area (Å²) in [5, 5.41) is 11.5. The van der Waals surface area contributed by atoms with Crippen molar-refractivity contribution in [1.82, 2.24) is 9.97 Å². The Bertz CT molecular complexity index is 1680. The SMILES string of the molecule is CC(C)(C)CCOc1cccc(-c2sc3nc2-c2ccccc2CCCCCCN(C2CCCC(C(=O)O)C2)c2cccc(n2)SN3)c1. The number of fused-ring (bicyclic) bond motifs is 6. The third-order valence-electron chi connectivity index (χ3n) is 9.39. The van der Waals surface area contributed by atoms with Gasteiger partial charge in [-0.15, -0.1) is 0 Å². The topological polar surface area (TPSA) is 87.6 Å². The Labute approximate surface area is 293 Å². The third kappa shape index (κ3) is 8.91. The van der Waals surface area contributed by atoms with Crippen molar-refractivity contribution in [3.8, 4) is 27.4 Å². The molecule has 2 atom stereocenters. The molecular formula is C39H48N4O3S2. The highest BCUT2D eigenvalue weighted by molar-refractivity contribution is 8.00. The van der Waals surface area contributed by atoms with Crippen LogP contribution in [0.5, 0.6) is 5.75 Å². The van der Waals surface area contributed by atoms with Gasteiger partial charge in [-0.2, -0.15) is 0 Å². The van der Waals surface area contributed by atoms with Crippen LogP contribution in [0.4, 0.5) is 10.9 Å². The van der Waals surface area contributed by atoms with Crippen molar-refractivity contribution >= 4 is 40.2 Å². The van der Waals surface area contributed by atoms with Crippen molar-refractivity contribution in [1.29, 1.82) is 0 Å². The van der Waals surface area contributed by atoms with Crippen LogP contribution in [0.15, 0.2) is 71.8 Å². The summed E-state index contributed by atoms with van der Waals surface area (Å²) >= 11 is 3.13. The van der Waals surface area contributed by atoms with Gasteiger partial charge in [0.15, 0.2) is 5.13 Å². The fraction of sp³-hybridized carbons (Fsp3) is 0.462. The molecule has 1 aliphatic heterocycles. The minimum absolute atomic E-state index is 0.187. The summed E-state index contributed by atoms with van der Waals surface area (Å²) < 4.78 is 9.74. The average Bonchev–Trinajstić information content (AvgIpc) is 3.51. The van der Waals surface area contributed by atoms with Gasteiger partial charge in [0.2, 0.25) is 0 Å². The van der Waals surface area contributed by atoms with Gasteiger partial charge in [-0.25, -0.2) is 9.97 Å². The second-order valence-corrected chi connectivity index (χ2v) is 16.1. The average molecular weight is 685 g/mol. The Morgan fingerprint density at radius 1 is 0.979 bits per heavy atom. The quantitative estimate of drug-likeness (QED) is 0.194. The number of hydrogen-bond donors (Lipinski definition) is 2. The van der Waals surface area contributed by atoms with E-state index in [4.69, 9.17) is 14.7 Å². The van der Waals surface area contributed by atoms with Crippen LogP contribution in [-0.4, -0.2) is 40.2 Å². The van der Waals surface area contributed by atoms with Crippen LogP contribution in [0.3, 0.4) is 0 Å². The van der Waals surface area contributed by atoms with Crippen molar-refractivity contribution < 1.29 is 14.6 Å². The first-order valence-electron chi connectivity index (χ1n) is 17.5. The highest BCUT2D eigenvalue weighted by atomic mass is 32.2. The standard InChI is InChI=1S/C39H48N4O3S2/c1-39(2,3)22-24-46-31-18-11-15-28(26-31)36-35-32-19-8-7-14-27(32)13-6-4-5-9-23-43(30-17-10-16-29(25-30)37(44)45)33-20-12-21-34(40-33)48-42-38(41-35)47-36/h7-8,11-12,14-15,18-21,26,29-30H,4-6,9-10,13,16-17,22-25H2,1-3H3,(H,41,42)(H,44,45). The van der Waals surface area contributed by atoms with Crippen molar-refractivity contribution in [2.75, 3.05) is 22.8 Å². The lowest BCUT2D eigenvalue weighted by atomic mass is 9.85. The number of aromatic nitrogens is 2. The zero-order valence-corrected chi connectivity index (χ0v) is 30.0. The fourth-order valence-corrected chi connectivity index (χ4v) is 8.38. The number of ether oxygens (including phenoxy) is 1. The molecule has 9 heteroatoms. The zero-order chi connectivity index (χ0) is 33.5. The molecule has 4 aromatic rings. The van der Waals surface area contributed by atoms with Gasteiger partial charge in [0.25, 0.3) is 0 Å². The molecule has 0 saturated heterocycles. The van der Waals surface area contributed by atoms with E-state index in [1.807, 2.05) is 12.1 Å². The fourth-order valence-electron chi connectivity index (χ4n) is 6.74. The molecule has 1 fully saturated rings. The summed E-state index contributed by atoms with van der Waals surface area (Å²) in [6.45, 7) is 8.28. The molecule has 7 nitrogen and oxygen atoms in total. The van der Waals surface area contributed by atoms with E-state index in [0.717, 1.165) is 102 Å². The summed E-state index contributed by atoms with van der Waals surface area (Å²) in [5.74, 6) is 0.851. The molecule has 2 aliphatic rings. The number of aryl methyl sites for hydroxylation is 1. The molecule has 0 radical (unpaired) electrons. The van der Waals surface area contributed by atoms with E-state index in [-0.39, 0.29) is 17.4 Å². The molecule has 6 rings (SSSR count). The number of pyridine rings is 1. The molecule has 2 N–H and O–H groups in total. The van der Waals surface area contributed by atoms with Crippen LogP contribution in [0.1, 0.15) is 84.1 Å². The Balaban J connectivity index is 1.31. The van der Waals surface area contributed by atoms with E-state index in [0.29, 0.717) is 13.0 Å². The number of carboxylic acids is 1. The van der Waals surface area contributed by atoms with E-state index in [1.54, 1.807) is 11.3 Å².